The largest absolute Gasteiger partial charge is 0.494 e. The molecule has 0 spiro atoms. The van der Waals surface area contributed by atoms with Crippen molar-refractivity contribution in [3.8, 4) is 5.75 Å². The Morgan fingerprint density at radius 3 is 2.35 bits per heavy atom. The fourth-order valence-corrected chi connectivity index (χ4v) is 3.13. The molecule has 0 bridgehead atoms. The summed E-state index contributed by atoms with van der Waals surface area (Å²) < 4.78 is 5.73. The molecule has 0 saturated heterocycles. The number of hydrogen-bond donors (Lipinski definition) is 2. The smallest absolute Gasteiger partial charge is 0.257 e. The first-order valence-electron chi connectivity index (χ1n) is 10.6. The highest BCUT2D eigenvalue weighted by Gasteiger charge is 2.11. The fraction of sp³-hybridized carbons (Fsp3) is 0.375. The Morgan fingerprint density at radius 2 is 1.68 bits per heavy atom. The first kappa shape index (κ1) is 24.3. The Kier molecular flexibility index (Phi) is 9.97. The van der Waals surface area contributed by atoms with Crippen molar-refractivity contribution >= 4 is 34.8 Å². The summed E-state index contributed by atoms with van der Waals surface area (Å²) in [6.45, 7) is 2.88. The lowest BCUT2D eigenvalue weighted by Gasteiger charge is -2.13. The number of unbranched alkanes of at least 4 members (excludes halogenated alkanes) is 4. The van der Waals surface area contributed by atoms with Crippen LogP contribution < -0.4 is 15.4 Å². The summed E-state index contributed by atoms with van der Waals surface area (Å²) in [4.78, 5) is 26.0. The molecule has 31 heavy (non-hydrogen) atoms. The Labute approximate surface area is 190 Å². The van der Waals surface area contributed by atoms with Crippen LogP contribution in [0.5, 0.6) is 5.75 Å². The number of hydrogen-bond acceptors (Lipinski definition) is 4. The van der Waals surface area contributed by atoms with Gasteiger partial charge in [-0.15, -0.1) is 0 Å². The molecule has 0 unspecified atom stereocenters. The van der Waals surface area contributed by atoms with Gasteiger partial charge in [0.15, 0.2) is 5.11 Å². The van der Waals surface area contributed by atoms with E-state index in [1.165, 1.54) is 30.6 Å². The van der Waals surface area contributed by atoms with Crippen molar-refractivity contribution in [1.29, 1.82) is 0 Å². The minimum absolute atomic E-state index is 0.109. The molecule has 2 aromatic rings. The Morgan fingerprint density at radius 1 is 0.968 bits per heavy atom. The van der Waals surface area contributed by atoms with Crippen LogP contribution in [0.4, 0.5) is 5.69 Å². The van der Waals surface area contributed by atoms with Gasteiger partial charge >= 0.3 is 0 Å². The van der Waals surface area contributed by atoms with Crippen molar-refractivity contribution in [3.05, 3.63) is 59.7 Å². The van der Waals surface area contributed by atoms with Gasteiger partial charge in [0.25, 0.3) is 11.8 Å². The highest BCUT2D eigenvalue weighted by atomic mass is 32.1. The van der Waals surface area contributed by atoms with Gasteiger partial charge in [-0.05, 0) is 61.1 Å². The number of anilines is 1. The van der Waals surface area contributed by atoms with E-state index in [0.717, 1.165) is 12.2 Å². The molecule has 0 aliphatic rings. The van der Waals surface area contributed by atoms with Gasteiger partial charge in [0, 0.05) is 30.9 Å². The van der Waals surface area contributed by atoms with Gasteiger partial charge in [-0.2, -0.15) is 0 Å². The number of carbonyl (C=O) groups excluding carboxylic acids is 2. The molecular formula is C24H31N3O3S. The zero-order valence-electron chi connectivity index (χ0n) is 18.4. The van der Waals surface area contributed by atoms with E-state index in [1.54, 1.807) is 62.6 Å². The number of nitrogens with zero attached hydrogens (tertiary/aromatic N) is 1. The van der Waals surface area contributed by atoms with Gasteiger partial charge < -0.3 is 15.0 Å². The van der Waals surface area contributed by atoms with Crippen molar-refractivity contribution in [3.63, 3.8) is 0 Å². The molecular weight excluding hydrogens is 410 g/mol. The van der Waals surface area contributed by atoms with Crippen LogP contribution in [0.1, 0.15) is 59.7 Å². The zero-order chi connectivity index (χ0) is 22.6. The second kappa shape index (κ2) is 12.7. The summed E-state index contributed by atoms with van der Waals surface area (Å²) in [6, 6.07) is 13.9. The maximum absolute atomic E-state index is 12.4. The van der Waals surface area contributed by atoms with Crippen LogP contribution in [-0.4, -0.2) is 42.5 Å². The van der Waals surface area contributed by atoms with Crippen LogP contribution >= 0.6 is 12.2 Å². The van der Waals surface area contributed by atoms with Gasteiger partial charge in [-0.3, -0.25) is 14.9 Å². The molecule has 2 amide bonds. The summed E-state index contributed by atoms with van der Waals surface area (Å²) in [5.41, 5.74) is 1.64. The number of ether oxygens (including phenoxy) is 1. The van der Waals surface area contributed by atoms with Crippen LogP contribution in [0.3, 0.4) is 0 Å². The number of nitrogens with one attached hydrogen (secondary N) is 2. The van der Waals surface area contributed by atoms with Gasteiger partial charge in [-0.1, -0.05) is 38.7 Å². The summed E-state index contributed by atoms with van der Waals surface area (Å²) in [5, 5.41) is 5.75. The van der Waals surface area contributed by atoms with E-state index in [-0.39, 0.29) is 16.9 Å². The SMILES string of the molecule is CCCCCCCOc1ccc(C(=O)NC(=S)Nc2cccc(C(=O)N(C)C)c2)cc1. The number of benzene rings is 2. The molecule has 166 valence electrons. The van der Waals surface area contributed by atoms with Crippen molar-refractivity contribution < 1.29 is 14.3 Å². The van der Waals surface area contributed by atoms with Crippen molar-refractivity contribution in [2.45, 2.75) is 39.0 Å². The fourth-order valence-electron chi connectivity index (χ4n) is 2.92. The summed E-state index contributed by atoms with van der Waals surface area (Å²) >= 11 is 5.24. The minimum Gasteiger partial charge on any atom is -0.494 e. The molecule has 2 N–H and O–H groups in total. The molecule has 0 fully saturated rings. The minimum atomic E-state index is -0.316. The van der Waals surface area contributed by atoms with E-state index in [2.05, 4.69) is 17.6 Å². The molecule has 0 heterocycles. The third kappa shape index (κ3) is 8.38. The average molecular weight is 442 g/mol. The van der Waals surface area contributed by atoms with Crippen molar-refractivity contribution in [1.82, 2.24) is 10.2 Å². The molecule has 0 aliphatic carbocycles. The van der Waals surface area contributed by atoms with E-state index in [4.69, 9.17) is 17.0 Å². The second-order valence-electron chi connectivity index (χ2n) is 7.48. The molecule has 0 aromatic heterocycles. The number of rotatable bonds is 10. The maximum atomic E-state index is 12.4. The maximum Gasteiger partial charge on any atom is 0.257 e. The van der Waals surface area contributed by atoms with Crippen LogP contribution in [0.15, 0.2) is 48.5 Å². The predicted molar refractivity (Wildman–Crippen MR) is 129 cm³/mol. The third-order valence-corrected chi connectivity index (χ3v) is 4.84. The topological polar surface area (TPSA) is 70.7 Å². The Balaban J connectivity index is 1.83. The van der Waals surface area contributed by atoms with E-state index in [1.807, 2.05) is 0 Å². The van der Waals surface area contributed by atoms with Gasteiger partial charge in [-0.25, -0.2) is 0 Å². The molecule has 2 aromatic carbocycles. The summed E-state index contributed by atoms with van der Waals surface area (Å²) in [7, 11) is 3.38. The number of carbonyl (C=O) groups is 2. The highest BCUT2D eigenvalue weighted by molar-refractivity contribution is 7.80. The van der Waals surface area contributed by atoms with E-state index in [9.17, 15) is 9.59 Å². The van der Waals surface area contributed by atoms with Crippen LogP contribution in [0.2, 0.25) is 0 Å². The quantitative estimate of drug-likeness (QED) is 0.407. The van der Waals surface area contributed by atoms with Gasteiger partial charge in [0.05, 0.1) is 6.61 Å². The number of amides is 2. The molecule has 7 heteroatoms. The normalized spacial score (nSPS) is 10.3. The second-order valence-corrected chi connectivity index (χ2v) is 7.88. The third-order valence-electron chi connectivity index (χ3n) is 4.63. The van der Waals surface area contributed by atoms with E-state index in [0.29, 0.717) is 23.4 Å². The molecule has 0 aliphatic heterocycles. The lowest BCUT2D eigenvalue weighted by molar-refractivity contribution is 0.0827. The van der Waals surface area contributed by atoms with Crippen molar-refractivity contribution in [2.24, 2.45) is 0 Å². The lowest BCUT2D eigenvalue weighted by atomic mass is 10.2. The van der Waals surface area contributed by atoms with Gasteiger partial charge in [0.2, 0.25) is 0 Å². The lowest BCUT2D eigenvalue weighted by Crippen LogP contribution is -2.34. The standard InChI is InChI=1S/C24H31N3O3S/c1-4-5-6-7-8-16-30-21-14-12-18(13-15-21)22(28)26-24(31)25-20-11-9-10-19(17-20)23(29)27(2)3/h9-15,17H,4-8,16H2,1-3H3,(H2,25,26,28,31). The van der Waals surface area contributed by atoms with E-state index < -0.39 is 0 Å². The molecule has 2 rings (SSSR count). The van der Waals surface area contributed by atoms with Crippen LogP contribution in [-0.2, 0) is 0 Å². The van der Waals surface area contributed by atoms with Gasteiger partial charge in [0.1, 0.15) is 5.75 Å². The molecule has 0 atom stereocenters. The predicted octanol–water partition coefficient (Wildman–Crippen LogP) is 4.86. The molecule has 6 nitrogen and oxygen atoms in total. The Bertz CT molecular complexity index is 882. The van der Waals surface area contributed by atoms with E-state index >= 15 is 0 Å². The number of thiocarbonyl (C=S) groups is 1. The molecule has 0 radical (unpaired) electrons. The highest BCUT2D eigenvalue weighted by Crippen LogP contribution is 2.14. The first-order chi connectivity index (χ1) is 14.9. The Hall–Kier alpha value is -2.93. The van der Waals surface area contributed by atoms with Crippen LogP contribution in [0, 0.1) is 0 Å². The summed E-state index contributed by atoms with van der Waals surface area (Å²) in [6.07, 6.45) is 5.93. The zero-order valence-corrected chi connectivity index (χ0v) is 19.3. The molecule has 0 saturated carbocycles. The average Bonchev–Trinajstić information content (AvgIpc) is 2.76. The van der Waals surface area contributed by atoms with Crippen molar-refractivity contribution in [2.75, 3.05) is 26.0 Å². The summed E-state index contributed by atoms with van der Waals surface area (Å²) in [5.74, 6) is 0.320. The first-order valence-corrected chi connectivity index (χ1v) is 11.0. The monoisotopic (exact) mass is 441 g/mol. The van der Waals surface area contributed by atoms with Crippen LogP contribution in [0.25, 0.3) is 0 Å².